The fourth-order valence-electron chi connectivity index (χ4n) is 2.74. The highest BCUT2D eigenvalue weighted by Crippen LogP contribution is 2.39. The number of hydrogen-bond acceptors (Lipinski definition) is 4. The Labute approximate surface area is 173 Å². The largest absolute Gasteiger partial charge is 0.493 e. The highest BCUT2D eigenvalue weighted by Gasteiger charge is 2.28. The second-order valence-corrected chi connectivity index (χ2v) is 5.90. The summed E-state index contributed by atoms with van der Waals surface area (Å²) in [6.45, 7) is -6.99. The molecule has 0 aliphatic carbocycles. The van der Waals surface area contributed by atoms with Crippen LogP contribution in [-0.4, -0.2) is 43.8 Å². The van der Waals surface area contributed by atoms with Crippen molar-refractivity contribution in [1.29, 1.82) is 0 Å². The maximum Gasteiger partial charge on any atom is 0.166 e. The number of benzene rings is 2. The second kappa shape index (κ2) is 9.20. The zero-order valence-corrected chi connectivity index (χ0v) is 15.1. The van der Waals surface area contributed by atoms with Gasteiger partial charge in [-0.1, -0.05) is 24.3 Å². The molecule has 0 bridgehead atoms. The zero-order valence-electron chi connectivity index (χ0n) is 24.1. The molecule has 0 amide bonds. The van der Waals surface area contributed by atoms with E-state index in [1.165, 1.54) is 56.7 Å². The average Bonchev–Trinajstić information content (AvgIpc) is 2.82. The van der Waals surface area contributed by atoms with Crippen molar-refractivity contribution in [2.45, 2.75) is 25.3 Å². The summed E-state index contributed by atoms with van der Waals surface area (Å²) in [7, 11) is 2.53. The number of halogens is 1. The van der Waals surface area contributed by atoms with Gasteiger partial charge in [0.1, 0.15) is 5.82 Å². The highest BCUT2D eigenvalue weighted by atomic mass is 19.1. The summed E-state index contributed by atoms with van der Waals surface area (Å²) in [5.74, 6) is -3.91. The van der Waals surface area contributed by atoms with E-state index in [1.807, 2.05) is 0 Å². The average molecular weight is 383 g/mol. The normalized spacial score (nSPS) is 30.4. The van der Waals surface area contributed by atoms with Gasteiger partial charge >= 0.3 is 0 Å². The SMILES string of the molecule is [2H]C1([2H])N(CCc2ccc(F)cc2)C([2H])([2H])C([2H])([2H])C([2H])(C(O)c2cccc(OC)c2OC)C1([2H])[2H]. The number of hydrogen-bond donors (Lipinski definition) is 1. The first-order valence-electron chi connectivity index (χ1n) is 12.9. The Balaban J connectivity index is 2.14. The quantitative estimate of drug-likeness (QED) is 0.790. The number of aliphatic hydroxyl groups is 1. The van der Waals surface area contributed by atoms with Crippen molar-refractivity contribution in [2.75, 3.05) is 33.8 Å². The van der Waals surface area contributed by atoms with Gasteiger partial charge in [-0.25, -0.2) is 4.39 Å². The standard InChI is InChI=1S/C22H28FNO3/c1-26-20-5-3-4-19(22(20)27-2)21(25)17-11-14-24(15-12-17)13-10-16-6-8-18(23)9-7-16/h3-9,17,21,25H,10-15H2,1-2H3/i11D2,12D2,14D2,15D2,17D. The summed E-state index contributed by atoms with van der Waals surface area (Å²) in [5, 5.41) is 11.3. The minimum atomic E-state index is -3.45. The molecule has 2 aromatic carbocycles. The van der Waals surface area contributed by atoms with Crippen LogP contribution in [0, 0.1) is 11.7 Å². The van der Waals surface area contributed by atoms with Gasteiger partial charge in [-0.15, -0.1) is 0 Å². The van der Waals surface area contributed by atoms with Crippen molar-refractivity contribution in [2.24, 2.45) is 5.89 Å². The Morgan fingerprint density at radius 3 is 2.52 bits per heavy atom. The van der Waals surface area contributed by atoms with Crippen molar-refractivity contribution in [1.82, 2.24) is 4.90 Å². The molecule has 27 heavy (non-hydrogen) atoms. The molecule has 0 aromatic heterocycles. The molecule has 1 aliphatic heterocycles. The van der Waals surface area contributed by atoms with Crippen LogP contribution in [-0.2, 0) is 6.42 Å². The van der Waals surface area contributed by atoms with Crippen LogP contribution in [0.25, 0.3) is 0 Å². The van der Waals surface area contributed by atoms with Gasteiger partial charge in [0, 0.05) is 24.4 Å². The van der Waals surface area contributed by atoms with Crippen molar-refractivity contribution in [3.8, 4) is 11.5 Å². The monoisotopic (exact) mass is 382 g/mol. The highest BCUT2D eigenvalue weighted by molar-refractivity contribution is 5.47. The molecule has 1 unspecified atom stereocenters. The Kier molecular flexibility index (Phi) is 3.76. The van der Waals surface area contributed by atoms with Gasteiger partial charge < -0.3 is 19.5 Å². The molecule has 2 aromatic rings. The van der Waals surface area contributed by atoms with Crippen molar-refractivity contribution in [3.63, 3.8) is 0 Å². The number of aliphatic hydroxyl groups excluding tert-OH is 1. The summed E-state index contributed by atoms with van der Waals surface area (Å²) in [6, 6.07) is 9.25. The fraction of sp³-hybridized carbons (Fsp3) is 0.455. The molecular weight excluding hydrogens is 345 g/mol. The van der Waals surface area contributed by atoms with E-state index in [9.17, 15) is 9.50 Å². The van der Waals surface area contributed by atoms with E-state index in [4.69, 9.17) is 21.8 Å². The van der Waals surface area contributed by atoms with Crippen molar-refractivity contribution < 1.29 is 31.3 Å². The van der Waals surface area contributed by atoms with E-state index in [-0.39, 0.29) is 23.5 Å². The van der Waals surface area contributed by atoms with Gasteiger partial charge in [-0.2, -0.15) is 0 Å². The third-order valence-electron chi connectivity index (χ3n) is 4.19. The van der Waals surface area contributed by atoms with E-state index in [1.54, 1.807) is 0 Å². The van der Waals surface area contributed by atoms with Crippen LogP contribution in [0.5, 0.6) is 11.5 Å². The molecule has 1 heterocycles. The summed E-state index contributed by atoms with van der Waals surface area (Å²) in [6.07, 6.45) is -9.32. The Morgan fingerprint density at radius 2 is 1.89 bits per heavy atom. The van der Waals surface area contributed by atoms with Crippen LogP contribution in [0.3, 0.4) is 0 Å². The van der Waals surface area contributed by atoms with Crippen LogP contribution in [0.1, 0.15) is 42.3 Å². The molecule has 0 spiro atoms. The molecule has 1 atom stereocenters. The maximum atomic E-state index is 13.2. The van der Waals surface area contributed by atoms with Crippen molar-refractivity contribution >= 4 is 0 Å². The maximum absolute atomic E-state index is 13.2. The van der Waals surface area contributed by atoms with Gasteiger partial charge in [-0.3, -0.25) is 0 Å². The van der Waals surface area contributed by atoms with E-state index in [2.05, 4.69) is 0 Å². The smallest absolute Gasteiger partial charge is 0.166 e. The van der Waals surface area contributed by atoms with Crippen LogP contribution in [0.15, 0.2) is 42.5 Å². The van der Waals surface area contributed by atoms with E-state index in [0.717, 1.165) is 0 Å². The van der Waals surface area contributed by atoms with Crippen molar-refractivity contribution in [3.05, 3.63) is 59.4 Å². The molecule has 5 heteroatoms. The molecular formula is C22H28FNO3. The first-order chi connectivity index (χ1) is 16.5. The third-order valence-corrected chi connectivity index (χ3v) is 4.19. The molecule has 1 saturated heterocycles. The van der Waals surface area contributed by atoms with Crippen LogP contribution >= 0.6 is 0 Å². The summed E-state index contributed by atoms with van der Waals surface area (Å²) < 4.78 is 101. The number of piperidine rings is 1. The van der Waals surface area contributed by atoms with Gasteiger partial charge in [-0.05, 0) is 61.8 Å². The fourth-order valence-corrected chi connectivity index (χ4v) is 2.74. The van der Waals surface area contributed by atoms with Gasteiger partial charge in [0.25, 0.3) is 0 Å². The van der Waals surface area contributed by atoms with E-state index >= 15 is 0 Å². The first-order valence-corrected chi connectivity index (χ1v) is 8.43. The second-order valence-electron chi connectivity index (χ2n) is 5.90. The number of rotatable bonds is 7. The minimum Gasteiger partial charge on any atom is -0.493 e. The lowest BCUT2D eigenvalue weighted by Crippen LogP contribution is -2.36. The molecule has 146 valence electrons. The molecule has 1 N–H and O–H groups in total. The molecule has 0 saturated carbocycles. The first kappa shape index (κ1) is 11.0. The van der Waals surface area contributed by atoms with Crippen LogP contribution in [0.4, 0.5) is 4.39 Å². The van der Waals surface area contributed by atoms with Gasteiger partial charge in [0.05, 0.1) is 20.3 Å². The minimum absolute atomic E-state index is 0.0529. The van der Waals surface area contributed by atoms with Gasteiger partial charge in [0.2, 0.25) is 0 Å². The predicted octanol–water partition coefficient (Wildman–Crippen LogP) is 3.83. The number of nitrogens with zero attached hydrogens (tertiary/aromatic N) is 1. The Hall–Kier alpha value is -2.11. The number of methoxy groups -OCH3 is 2. The third kappa shape index (κ3) is 4.79. The van der Waals surface area contributed by atoms with Crippen LogP contribution in [0.2, 0.25) is 0 Å². The Morgan fingerprint density at radius 1 is 1.19 bits per heavy atom. The number of para-hydroxylation sites is 1. The lowest BCUT2D eigenvalue weighted by Gasteiger charge is -2.34. The van der Waals surface area contributed by atoms with E-state index in [0.29, 0.717) is 10.5 Å². The predicted molar refractivity (Wildman–Crippen MR) is 104 cm³/mol. The topological polar surface area (TPSA) is 41.9 Å². The summed E-state index contributed by atoms with van der Waals surface area (Å²) in [4.78, 5) is 0.395. The number of ether oxygens (including phenoxy) is 2. The van der Waals surface area contributed by atoms with Gasteiger partial charge in [0.15, 0.2) is 11.5 Å². The van der Waals surface area contributed by atoms with Crippen LogP contribution < -0.4 is 9.47 Å². The molecule has 0 radical (unpaired) electrons. The molecule has 1 aliphatic rings. The molecule has 3 rings (SSSR count). The summed E-state index contributed by atoms with van der Waals surface area (Å²) in [5.41, 5.74) is 0.235. The Bertz CT molecular complexity index is 1070. The zero-order chi connectivity index (χ0) is 27.3. The molecule has 4 nitrogen and oxygen atoms in total. The molecule has 1 fully saturated rings. The lowest BCUT2D eigenvalue weighted by atomic mass is 9.87. The van der Waals surface area contributed by atoms with E-state index < -0.39 is 50.1 Å². The lowest BCUT2D eigenvalue weighted by molar-refractivity contribution is 0.0573. The number of likely N-dealkylation sites (tertiary alicyclic amines) is 1. The summed E-state index contributed by atoms with van der Waals surface area (Å²) >= 11 is 0.